The average Bonchev–Trinajstić information content (AvgIpc) is 2.87. The maximum Gasteiger partial charge on any atom is 0.122 e. The van der Waals surface area contributed by atoms with Crippen molar-refractivity contribution in [3.05, 3.63) is 23.8 Å². The molecule has 2 rings (SSSR count). The molecular formula is C15H23NO2. The molecule has 0 spiro atoms. The predicted octanol–water partition coefficient (Wildman–Crippen LogP) is 2.95. The van der Waals surface area contributed by atoms with Crippen LogP contribution in [0.15, 0.2) is 18.2 Å². The zero-order chi connectivity index (χ0) is 13.0. The molecule has 1 aliphatic rings. The van der Waals surface area contributed by atoms with E-state index in [1.807, 2.05) is 12.1 Å². The van der Waals surface area contributed by atoms with Crippen LogP contribution < -0.4 is 14.8 Å². The Bertz CT molecular complexity index is 392. The van der Waals surface area contributed by atoms with E-state index in [1.54, 1.807) is 14.2 Å². The van der Waals surface area contributed by atoms with Crippen molar-refractivity contribution in [3.63, 3.8) is 0 Å². The number of rotatable bonds is 5. The Balaban J connectivity index is 2.16. The Morgan fingerprint density at radius 3 is 2.72 bits per heavy atom. The molecule has 100 valence electrons. The molecule has 1 aromatic rings. The molecule has 1 aliphatic carbocycles. The second-order valence-corrected chi connectivity index (χ2v) is 4.87. The first kappa shape index (κ1) is 13.2. The first-order valence-electron chi connectivity index (χ1n) is 6.73. The number of ether oxygens (including phenoxy) is 2. The van der Waals surface area contributed by atoms with E-state index in [0.29, 0.717) is 12.0 Å². The van der Waals surface area contributed by atoms with Crippen LogP contribution >= 0.6 is 0 Å². The molecule has 3 heteroatoms. The van der Waals surface area contributed by atoms with E-state index in [9.17, 15) is 0 Å². The minimum Gasteiger partial charge on any atom is -0.497 e. The van der Waals surface area contributed by atoms with Crippen molar-refractivity contribution in [2.24, 2.45) is 0 Å². The largest absolute Gasteiger partial charge is 0.497 e. The SMILES string of the molecule is CCNC1CCC(c2cc(OC)ccc2OC)C1. The standard InChI is InChI=1S/C15H23NO2/c1-4-16-12-6-5-11(9-12)14-10-13(17-2)7-8-15(14)18-3/h7-8,10-12,16H,4-6,9H2,1-3H3. The molecule has 1 aromatic carbocycles. The minimum absolute atomic E-state index is 0.582. The first-order valence-corrected chi connectivity index (χ1v) is 6.73. The van der Waals surface area contributed by atoms with E-state index in [1.165, 1.54) is 24.8 Å². The van der Waals surface area contributed by atoms with Crippen molar-refractivity contribution >= 4 is 0 Å². The highest BCUT2D eigenvalue weighted by Gasteiger charge is 2.27. The summed E-state index contributed by atoms with van der Waals surface area (Å²) in [5, 5.41) is 3.54. The van der Waals surface area contributed by atoms with Gasteiger partial charge in [-0.15, -0.1) is 0 Å². The molecule has 0 bridgehead atoms. The monoisotopic (exact) mass is 249 g/mol. The Kier molecular flexibility index (Phi) is 4.48. The number of benzene rings is 1. The van der Waals surface area contributed by atoms with Crippen LogP contribution in [-0.2, 0) is 0 Å². The van der Waals surface area contributed by atoms with Gasteiger partial charge in [0, 0.05) is 11.6 Å². The lowest BCUT2D eigenvalue weighted by atomic mass is 9.96. The van der Waals surface area contributed by atoms with Crippen molar-refractivity contribution in [3.8, 4) is 11.5 Å². The predicted molar refractivity (Wildman–Crippen MR) is 73.6 cm³/mol. The Labute approximate surface area is 109 Å². The molecule has 0 amide bonds. The normalized spacial score (nSPS) is 23.1. The zero-order valence-corrected chi connectivity index (χ0v) is 11.5. The lowest BCUT2D eigenvalue weighted by Gasteiger charge is -2.16. The van der Waals surface area contributed by atoms with Crippen LogP contribution in [0.4, 0.5) is 0 Å². The van der Waals surface area contributed by atoms with Crippen LogP contribution in [0.2, 0.25) is 0 Å². The topological polar surface area (TPSA) is 30.5 Å². The van der Waals surface area contributed by atoms with Gasteiger partial charge < -0.3 is 14.8 Å². The lowest BCUT2D eigenvalue weighted by molar-refractivity contribution is 0.394. The third-order valence-electron chi connectivity index (χ3n) is 3.80. The van der Waals surface area contributed by atoms with Gasteiger partial charge >= 0.3 is 0 Å². The van der Waals surface area contributed by atoms with Crippen LogP contribution in [-0.4, -0.2) is 26.8 Å². The molecule has 2 atom stereocenters. The van der Waals surface area contributed by atoms with E-state index < -0.39 is 0 Å². The summed E-state index contributed by atoms with van der Waals surface area (Å²) in [5.74, 6) is 2.48. The third-order valence-corrected chi connectivity index (χ3v) is 3.80. The van der Waals surface area contributed by atoms with E-state index in [2.05, 4.69) is 18.3 Å². The molecule has 0 heterocycles. The van der Waals surface area contributed by atoms with Gasteiger partial charge in [-0.25, -0.2) is 0 Å². The summed E-state index contributed by atoms with van der Waals surface area (Å²) >= 11 is 0. The van der Waals surface area contributed by atoms with E-state index in [0.717, 1.165) is 18.0 Å². The van der Waals surface area contributed by atoms with Gasteiger partial charge in [0.15, 0.2) is 0 Å². The maximum atomic E-state index is 5.48. The highest BCUT2D eigenvalue weighted by Crippen LogP contribution is 2.40. The van der Waals surface area contributed by atoms with Gasteiger partial charge in [-0.3, -0.25) is 0 Å². The number of hydrogen-bond acceptors (Lipinski definition) is 3. The summed E-state index contributed by atoms with van der Waals surface area (Å²) in [6.07, 6.45) is 3.66. The molecule has 1 N–H and O–H groups in total. The Hall–Kier alpha value is -1.22. The number of nitrogens with one attached hydrogen (secondary N) is 1. The Morgan fingerprint density at radius 2 is 2.06 bits per heavy atom. The van der Waals surface area contributed by atoms with Gasteiger partial charge in [-0.1, -0.05) is 6.92 Å². The average molecular weight is 249 g/mol. The van der Waals surface area contributed by atoms with E-state index >= 15 is 0 Å². The molecule has 0 saturated heterocycles. The van der Waals surface area contributed by atoms with Gasteiger partial charge in [-0.05, 0) is 49.9 Å². The number of hydrogen-bond donors (Lipinski definition) is 1. The number of methoxy groups -OCH3 is 2. The molecule has 0 radical (unpaired) electrons. The zero-order valence-electron chi connectivity index (χ0n) is 11.5. The van der Waals surface area contributed by atoms with Crippen molar-refractivity contribution in [2.75, 3.05) is 20.8 Å². The molecule has 0 aromatic heterocycles. The van der Waals surface area contributed by atoms with Crippen molar-refractivity contribution < 1.29 is 9.47 Å². The summed E-state index contributed by atoms with van der Waals surface area (Å²) in [6.45, 7) is 3.21. The van der Waals surface area contributed by atoms with Crippen LogP contribution in [0, 0.1) is 0 Å². The lowest BCUT2D eigenvalue weighted by Crippen LogP contribution is -2.25. The summed E-state index contributed by atoms with van der Waals surface area (Å²) in [4.78, 5) is 0. The quantitative estimate of drug-likeness (QED) is 0.870. The van der Waals surface area contributed by atoms with Crippen LogP contribution in [0.3, 0.4) is 0 Å². The van der Waals surface area contributed by atoms with Crippen LogP contribution in [0.5, 0.6) is 11.5 Å². The second kappa shape index (κ2) is 6.10. The van der Waals surface area contributed by atoms with Crippen molar-refractivity contribution in [1.29, 1.82) is 0 Å². The van der Waals surface area contributed by atoms with Gasteiger partial charge in [-0.2, -0.15) is 0 Å². The summed E-state index contributed by atoms with van der Waals surface area (Å²) < 4.78 is 10.8. The molecule has 3 nitrogen and oxygen atoms in total. The molecule has 2 unspecified atom stereocenters. The van der Waals surface area contributed by atoms with Crippen molar-refractivity contribution in [2.45, 2.75) is 38.1 Å². The molecule has 0 aliphatic heterocycles. The van der Waals surface area contributed by atoms with Gasteiger partial charge in [0.1, 0.15) is 11.5 Å². The highest BCUT2D eigenvalue weighted by atomic mass is 16.5. The van der Waals surface area contributed by atoms with E-state index in [-0.39, 0.29) is 0 Å². The summed E-state index contributed by atoms with van der Waals surface area (Å²) in [6, 6.07) is 6.74. The fourth-order valence-electron chi connectivity index (χ4n) is 2.90. The van der Waals surface area contributed by atoms with Crippen LogP contribution in [0.25, 0.3) is 0 Å². The molecular weight excluding hydrogens is 226 g/mol. The van der Waals surface area contributed by atoms with Crippen molar-refractivity contribution in [1.82, 2.24) is 5.32 Å². The first-order chi connectivity index (χ1) is 8.78. The Morgan fingerprint density at radius 1 is 1.22 bits per heavy atom. The summed E-state index contributed by atoms with van der Waals surface area (Å²) in [5.41, 5.74) is 1.29. The van der Waals surface area contributed by atoms with Gasteiger partial charge in [0.05, 0.1) is 14.2 Å². The second-order valence-electron chi connectivity index (χ2n) is 4.87. The van der Waals surface area contributed by atoms with Gasteiger partial charge in [0.2, 0.25) is 0 Å². The molecule has 18 heavy (non-hydrogen) atoms. The minimum atomic E-state index is 0.582. The third kappa shape index (κ3) is 2.78. The fourth-order valence-corrected chi connectivity index (χ4v) is 2.90. The molecule has 1 fully saturated rings. The highest BCUT2D eigenvalue weighted by molar-refractivity contribution is 5.43. The maximum absolute atomic E-state index is 5.48. The molecule has 1 saturated carbocycles. The van der Waals surface area contributed by atoms with Crippen LogP contribution in [0.1, 0.15) is 37.7 Å². The van der Waals surface area contributed by atoms with Gasteiger partial charge in [0.25, 0.3) is 0 Å². The van der Waals surface area contributed by atoms with E-state index in [4.69, 9.17) is 9.47 Å². The fraction of sp³-hybridized carbons (Fsp3) is 0.600. The smallest absolute Gasteiger partial charge is 0.122 e. The summed E-state index contributed by atoms with van der Waals surface area (Å²) in [7, 11) is 3.45.